The van der Waals surface area contributed by atoms with Gasteiger partial charge in [0, 0.05) is 17.7 Å². The van der Waals surface area contributed by atoms with E-state index in [9.17, 15) is 0 Å². The first kappa shape index (κ1) is 10.9. The molecule has 0 unspecified atom stereocenters. The Kier molecular flexibility index (Phi) is 2.16. The van der Waals surface area contributed by atoms with E-state index in [1.165, 1.54) is 38.5 Å². The molecule has 4 aliphatic carbocycles. The van der Waals surface area contributed by atoms with Crippen molar-refractivity contribution < 1.29 is 0 Å². The van der Waals surface area contributed by atoms with E-state index in [0.29, 0.717) is 3.42 Å². The summed E-state index contributed by atoms with van der Waals surface area (Å²) in [4.78, 5) is 0. The van der Waals surface area contributed by atoms with Crippen molar-refractivity contribution in [2.75, 3.05) is 0 Å². The Labute approximate surface area is 116 Å². The molecule has 4 fully saturated rings. The van der Waals surface area contributed by atoms with Crippen LogP contribution in [0.4, 0.5) is 0 Å². The molecule has 4 aliphatic rings. The fourth-order valence-electron chi connectivity index (χ4n) is 4.36. The Morgan fingerprint density at radius 1 is 0.643 bits per heavy atom. The van der Waals surface area contributed by atoms with Crippen molar-refractivity contribution in [2.24, 2.45) is 0 Å². The van der Waals surface area contributed by atoms with Crippen LogP contribution in [-0.4, -0.2) is 17.7 Å². The average molecular weight is 358 g/mol. The topological polar surface area (TPSA) is 0 Å². The van der Waals surface area contributed by atoms with Crippen LogP contribution in [-0.2, 0) is 0 Å². The number of hydrogen-bond donors (Lipinski definition) is 3. The third kappa shape index (κ3) is 1.58. The molecule has 0 aromatic heterocycles. The molecular weight excluding hydrogens is 343 g/mol. The van der Waals surface area contributed by atoms with Gasteiger partial charge >= 0.3 is 0 Å². The summed E-state index contributed by atoms with van der Waals surface area (Å²) in [5, 5.41) is 0. The highest BCUT2D eigenvalue weighted by atomic mass is 127. The van der Waals surface area contributed by atoms with Gasteiger partial charge in [-0.05, 0) is 38.5 Å². The van der Waals surface area contributed by atoms with Gasteiger partial charge in [-0.15, -0.1) is 0 Å². The second-order valence-corrected chi connectivity index (χ2v) is 11.0. The van der Waals surface area contributed by atoms with E-state index < -0.39 is 0 Å². The maximum atomic E-state index is 4.91. The minimum absolute atomic E-state index is 0.222. The Hall–Kier alpha value is 1.78. The smallest absolute Gasteiger partial charge is 0.0261 e. The minimum Gasteiger partial charge on any atom is -0.172 e. The molecule has 14 heavy (non-hydrogen) atoms. The molecule has 0 aromatic rings. The molecule has 4 rings (SSSR count). The molecule has 0 atom stereocenters. The van der Waals surface area contributed by atoms with E-state index in [1.54, 1.807) is 0 Å². The van der Waals surface area contributed by atoms with Gasteiger partial charge in [0.15, 0.2) is 0 Å². The summed E-state index contributed by atoms with van der Waals surface area (Å²) >= 11 is 17.4. The lowest BCUT2D eigenvalue weighted by atomic mass is 9.55. The maximum absolute atomic E-state index is 4.91. The fourth-order valence-corrected chi connectivity index (χ4v) is 10.6. The maximum Gasteiger partial charge on any atom is 0.0261 e. The monoisotopic (exact) mass is 358 g/mol. The van der Waals surface area contributed by atoms with Crippen LogP contribution >= 0.6 is 60.5 Å². The molecule has 0 radical (unpaired) electrons. The van der Waals surface area contributed by atoms with Crippen LogP contribution in [0, 0.1) is 0 Å². The fraction of sp³-hybridized carbons (Fsp3) is 1.00. The quantitative estimate of drug-likeness (QED) is 0.329. The van der Waals surface area contributed by atoms with Gasteiger partial charge in [-0.2, -0.15) is 37.9 Å². The first-order valence-electron chi connectivity index (χ1n) is 5.10. The Morgan fingerprint density at radius 2 is 0.929 bits per heavy atom. The van der Waals surface area contributed by atoms with Gasteiger partial charge in [-0.1, -0.05) is 22.6 Å². The summed E-state index contributed by atoms with van der Waals surface area (Å²) in [6.45, 7) is 0. The number of halogens is 1. The van der Waals surface area contributed by atoms with E-state index in [1.807, 2.05) is 0 Å². The molecule has 0 N–H and O–H groups in total. The molecule has 4 heteroatoms. The predicted molar refractivity (Wildman–Crippen MR) is 79.6 cm³/mol. The van der Waals surface area contributed by atoms with E-state index >= 15 is 0 Å². The lowest BCUT2D eigenvalue weighted by Gasteiger charge is -2.66. The molecule has 80 valence electrons. The zero-order valence-corrected chi connectivity index (χ0v) is 12.8. The first-order chi connectivity index (χ1) is 6.24. The van der Waals surface area contributed by atoms with Gasteiger partial charge < -0.3 is 0 Å². The van der Waals surface area contributed by atoms with Crippen LogP contribution in [0.3, 0.4) is 0 Å². The summed E-state index contributed by atoms with van der Waals surface area (Å²) in [6, 6.07) is 0. The number of thiol groups is 3. The van der Waals surface area contributed by atoms with Crippen molar-refractivity contribution in [2.45, 2.75) is 56.2 Å². The molecular formula is C10H15IS3. The molecule has 0 amide bonds. The molecule has 0 aromatic carbocycles. The Bertz CT molecular complexity index is 208. The second kappa shape index (κ2) is 2.78. The van der Waals surface area contributed by atoms with Gasteiger partial charge in [-0.3, -0.25) is 0 Å². The predicted octanol–water partition coefficient (Wildman–Crippen LogP) is 3.55. The first-order valence-corrected chi connectivity index (χ1v) is 7.52. The van der Waals surface area contributed by atoms with Crippen LogP contribution in [0.2, 0.25) is 0 Å². The zero-order chi connectivity index (χ0) is 10.2. The van der Waals surface area contributed by atoms with Crippen molar-refractivity contribution in [3.63, 3.8) is 0 Å². The van der Waals surface area contributed by atoms with Gasteiger partial charge in [0.05, 0.1) is 0 Å². The van der Waals surface area contributed by atoms with E-state index in [2.05, 4.69) is 22.6 Å². The van der Waals surface area contributed by atoms with Gasteiger partial charge in [0.1, 0.15) is 0 Å². The second-order valence-electron chi connectivity index (χ2n) is 5.88. The molecule has 4 bridgehead atoms. The summed E-state index contributed by atoms with van der Waals surface area (Å²) < 4.78 is 1.09. The van der Waals surface area contributed by atoms with E-state index in [4.69, 9.17) is 37.9 Å². The zero-order valence-electron chi connectivity index (χ0n) is 7.96. The van der Waals surface area contributed by atoms with Gasteiger partial charge in [0.2, 0.25) is 0 Å². The summed E-state index contributed by atoms with van der Waals surface area (Å²) in [6.07, 6.45) is 7.31. The van der Waals surface area contributed by atoms with Crippen molar-refractivity contribution >= 4 is 60.5 Å². The molecule has 0 spiro atoms. The van der Waals surface area contributed by atoms with Crippen LogP contribution in [0.25, 0.3) is 0 Å². The van der Waals surface area contributed by atoms with Crippen LogP contribution in [0.1, 0.15) is 38.5 Å². The van der Waals surface area contributed by atoms with Gasteiger partial charge in [0.25, 0.3) is 0 Å². The number of rotatable bonds is 0. The normalized spacial score (nSPS) is 66.0. The van der Waals surface area contributed by atoms with Crippen molar-refractivity contribution in [3.8, 4) is 0 Å². The molecule has 0 saturated heterocycles. The largest absolute Gasteiger partial charge is 0.172 e. The number of hydrogen-bond acceptors (Lipinski definition) is 3. The van der Waals surface area contributed by atoms with E-state index in [-0.39, 0.29) is 14.2 Å². The highest BCUT2D eigenvalue weighted by Gasteiger charge is 2.64. The molecule has 0 heterocycles. The summed E-state index contributed by atoms with van der Waals surface area (Å²) in [7, 11) is 0. The van der Waals surface area contributed by atoms with Crippen molar-refractivity contribution in [1.82, 2.24) is 0 Å². The lowest BCUT2D eigenvalue weighted by Crippen LogP contribution is -2.65. The SMILES string of the molecule is SC12CC3(S)CC(S)(C1)CC(I)(C2)C3. The summed E-state index contributed by atoms with van der Waals surface area (Å²) in [5.74, 6) is 0. The third-order valence-electron chi connectivity index (χ3n) is 3.91. The van der Waals surface area contributed by atoms with Crippen LogP contribution < -0.4 is 0 Å². The minimum atomic E-state index is 0.222. The van der Waals surface area contributed by atoms with Crippen LogP contribution in [0.5, 0.6) is 0 Å². The Balaban J connectivity index is 2.08. The average Bonchev–Trinajstić information content (AvgIpc) is 1.67. The van der Waals surface area contributed by atoms with E-state index in [0.717, 1.165) is 0 Å². The summed E-state index contributed by atoms with van der Waals surface area (Å²) in [5.41, 5.74) is 0. The van der Waals surface area contributed by atoms with Gasteiger partial charge in [-0.25, -0.2) is 0 Å². The lowest BCUT2D eigenvalue weighted by molar-refractivity contribution is 0.109. The highest BCUT2D eigenvalue weighted by Crippen LogP contribution is 2.69. The number of alkyl halides is 1. The Morgan fingerprint density at radius 3 is 1.14 bits per heavy atom. The molecule has 0 nitrogen and oxygen atoms in total. The standard InChI is InChI=1S/C10H15IS3/c11-7-1-8(12)4-9(13,2-7)6-10(14,3-7)5-8/h12-14H,1-6H2. The molecule has 0 aliphatic heterocycles. The van der Waals surface area contributed by atoms with Crippen molar-refractivity contribution in [3.05, 3.63) is 0 Å². The highest BCUT2D eigenvalue weighted by molar-refractivity contribution is 14.1. The van der Waals surface area contributed by atoms with Crippen molar-refractivity contribution in [1.29, 1.82) is 0 Å². The van der Waals surface area contributed by atoms with Crippen LogP contribution in [0.15, 0.2) is 0 Å². The molecule has 4 saturated carbocycles. The third-order valence-corrected chi connectivity index (χ3v) is 6.48.